The number of hydrogen-bond donors (Lipinski definition) is 0. The first-order valence-electron chi connectivity index (χ1n) is 34.8. The Morgan fingerprint density at radius 1 is 0.245 bits per heavy atom. The SMILES string of the molecule is O=S(=O)(CCCC(C(CCCCCCCCCS(=O)(=O)CN=NS(=O)(=O)C1CCCCC1)S(=O)(=O)CN=NS(=O)(=O)C1CCCCC1)S(=O)(=O)CN=NS(=O)(=O)c1ccccc1)CN=NS(=O)(=O)c1ccccc1.O=S(=O)(CCCCCCS(=O)(=O)CN=NS(=O)(=O)c1ccccc1)CN=NS(=O)(=O)c1ccccc1. The van der Waals surface area contributed by atoms with Crippen molar-refractivity contribution in [3.8, 4) is 0 Å². The molecule has 0 saturated heterocycles. The molecule has 0 N–H and O–H groups in total. The molecule has 36 nitrogen and oxygen atoms in total. The van der Waals surface area contributed by atoms with Crippen LogP contribution in [0.25, 0.3) is 0 Å². The van der Waals surface area contributed by atoms with Gasteiger partial charge in [0.05, 0.1) is 63.6 Å². The minimum absolute atomic E-state index is 0.0645. The molecule has 2 saturated carbocycles. The van der Waals surface area contributed by atoms with Gasteiger partial charge in [0.15, 0.2) is 94.3 Å². The molecular weight excluding hydrogens is 1680 g/mol. The summed E-state index contributed by atoms with van der Waals surface area (Å²) in [5.41, 5.74) is 0. The van der Waals surface area contributed by atoms with Crippen molar-refractivity contribution >= 4 is 119 Å². The van der Waals surface area contributed by atoms with Crippen LogP contribution >= 0.6 is 0 Å². The molecule has 0 amide bonds. The quantitative estimate of drug-likeness (QED) is 0.0293. The van der Waals surface area contributed by atoms with E-state index in [1.807, 2.05) is 0 Å². The van der Waals surface area contributed by atoms with Gasteiger partial charge in [0, 0.05) is 0 Å². The molecule has 0 radical (unpaired) electrons. The number of benzene rings is 4. The lowest BCUT2D eigenvalue weighted by atomic mass is 10.0. The van der Waals surface area contributed by atoms with E-state index in [4.69, 9.17) is 0 Å². The van der Waals surface area contributed by atoms with Crippen molar-refractivity contribution < 1.29 is 101 Å². The molecule has 4 aromatic rings. The summed E-state index contributed by atoms with van der Waals surface area (Å²) in [5.74, 6) is -7.67. The predicted octanol–water partition coefficient (Wildman–Crippen LogP) is 10.00. The molecule has 0 bridgehead atoms. The molecule has 2 aliphatic carbocycles. The zero-order valence-corrected chi connectivity index (χ0v) is 69.8. The molecule has 48 heteroatoms. The summed E-state index contributed by atoms with van der Waals surface area (Å²) in [6.45, 7) is 0. The Labute approximate surface area is 646 Å². The summed E-state index contributed by atoms with van der Waals surface area (Å²) in [5, 5.41) is 15.0. The van der Waals surface area contributed by atoms with Crippen LogP contribution in [0.4, 0.5) is 0 Å². The molecule has 2 fully saturated rings. The molecule has 2 aliphatic rings. The van der Waals surface area contributed by atoms with Crippen molar-refractivity contribution in [3.05, 3.63) is 121 Å². The van der Waals surface area contributed by atoms with Gasteiger partial charge in [-0.1, -0.05) is 190 Å². The maximum absolute atomic E-state index is 14.3. The average molecular weight is 1770 g/mol. The highest BCUT2D eigenvalue weighted by atomic mass is 32.2. The molecule has 616 valence electrons. The molecule has 6 rings (SSSR count). The summed E-state index contributed by atoms with van der Waals surface area (Å²) in [4.78, 5) is -0.772. The van der Waals surface area contributed by atoms with Gasteiger partial charge in [-0.15, -0.1) is 0 Å². The fourth-order valence-corrected chi connectivity index (χ4v) is 25.5. The fourth-order valence-electron chi connectivity index (χ4n) is 11.2. The topological polar surface area (TPSA) is 558 Å². The van der Waals surface area contributed by atoms with Crippen LogP contribution in [0, 0.1) is 0 Å². The van der Waals surface area contributed by atoms with Crippen LogP contribution < -0.4 is 0 Å². The number of sulfone groups is 6. The summed E-state index contributed by atoms with van der Waals surface area (Å²) in [6, 6.07) is 28.0. The molecule has 2 atom stereocenters. The maximum Gasteiger partial charge on any atom is 0.299 e. The Hall–Kier alpha value is -6.12. The lowest BCUT2D eigenvalue weighted by Gasteiger charge is -2.26. The first-order valence-corrected chi connectivity index (χ1v) is 54.2. The van der Waals surface area contributed by atoms with Crippen molar-refractivity contribution in [1.29, 1.82) is 0 Å². The third-order valence-electron chi connectivity index (χ3n) is 17.0. The number of hydrogen-bond acceptors (Lipinski definition) is 30. The first-order chi connectivity index (χ1) is 51.5. The normalized spacial score (nSPS) is 16.3. The van der Waals surface area contributed by atoms with Crippen molar-refractivity contribution in [3.63, 3.8) is 0 Å². The van der Waals surface area contributed by atoms with Gasteiger partial charge >= 0.3 is 0 Å². The summed E-state index contributed by atoms with van der Waals surface area (Å²) >= 11 is 0. The Bertz CT molecular complexity index is 5140. The smallest absolute Gasteiger partial charge is 0.227 e. The Balaban J connectivity index is 0.000000501. The summed E-state index contributed by atoms with van der Waals surface area (Å²) in [6.07, 6.45) is 8.32. The average Bonchev–Trinajstić information content (AvgIpc) is 0.793. The molecule has 110 heavy (non-hydrogen) atoms. The van der Waals surface area contributed by atoms with Crippen molar-refractivity contribution in [2.75, 3.05) is 58.3 Å². The molecule has 0 aliphatic heterocycles. The lowest BCUT2D eigenvalue weighted by molar-refractivity contribution is 0.483. The lowest BCUT2D eigenvalue weighted by Crippen LogP contribution is -2.42. The van der Waals surface area contributed by atoms with E-state index in [0.29, 0.717) is 83.5 Å². The first kappa shape index (κ1) is 94.5. The van der Waals surface area contributed by atoms with Crippen LogP contribution in [0.5, 0.6) is 0 Å². The van der Waals surface area contributed by atoms with Crippen LogP contribution in [0.3, 0.4) is 0 Å². The summed E-state index contributed by atoms with van der Waals surface area (Å²) in [7, 11) is -50.2. The Morgan fingerprint density at radius 3 is 0.745 bits per heavy atom. The second-order valence-corrected chi connectivity index (χ2v) is 48.9. The highest BCUT2D eigenvalue weighted by Crippen LogP contribution is 2.30. The van der Waals surface area contributed by atoms with Crippen molar-refractivity contribution in [2.24, 2.45) is 57.8 Å². The predicted molar refractivity (Wildman–Crippen MR) is 410 cm³/mol. The molecular formula is C62H92N12O24S12. The van der Waals surface area contributed by atoms with E-state index in [1.54, 1.807) is 18.2 Å². The van der Waals surface area contributed by atoms with Crippen molar-refractivity contribution in [1.82, 2.24) is 0 Å². The van der Waals surface area contributed by atoms with E-state index in [0.717, 1.165) is 25.7 Å². The Kier molecular flexibility index (Phi) is 37.7. The van der Waals surface area contributed by atoms with Crippen LogP contribution in [0.2, 0.25) is 0 Å². The van der Waals surface area contributed by atoms with E-state index in [9.17, 15) is 101 Å². The number of rotatable bonds is 48. The highest BCUT2D eigenvalue weighted by Gasteiger charge is 2.42. The van der Waals surface area contributed by atoms with E-state index >= 15 is 0 Å². The van der Waals surface area contributed by atoms with Crippen molar-refractivity contribution in [2.45, 2.75) is 195 Å². The van der Waals surface area contributed by atoms with Crippen LogP contribution in [0.1, 0.15) is 154 Å². The second-order valence-electron chi connectivity index (χ2n) is 25.8. The van der Waals surface area contributed by atoms with Gasteiger partial charge < -0.3 is 0 Å². The van der Waals surface area contributed by atoms with E-state index in [2.05, 4.69) is 57.8 Å². The van der Waals surface area contributed by atoms with Gasteiger partial charge in [-0.25, -0.2) is 67.3 Å². The van der Waals surface area contributed by atoms with Gasteiger partial charge in [0.2, 0.25) is 0 Å². The minimum Gasteiger partial charge on any atom is -0.227 e. The highest BCUT2D eigenvalue weighted by molar-refractivity contribution is 7.96. The third kappa shape index (κ3) is 34.7. The Morgan fingerprint density at radius 2 is 0.464 bits per heavy atom. The zero-order chi connectivity index (χ0) is 81.3. The molecule has 0 aromatic heterocycles. The van der Waals surface area contributed by atoms with Crippen LogP contribution in [-0.4, -0.2) is 180 Å². The molecule has 2 unspecified atom stereocenters. The molecule has 4 aromatic carbocycles. The van der Waals surface area contributed by atoms with Gasteiger partial charge in [-0.05, 0) is 113 Å². The van der Waals surface area contributed by atoms with Gasteiger partial charge in [0.1, 0.15) is 0 Å². The van der Waals surface area contributed by atoms with E-state index < -0.39 is 194 Å². The number of nitrogens with zero attached hydrogens (tertiary/aromatic N) is 12. The van der Waals surface area contributed by atoms with Gasteiger partial charge in [-0.3, -0.25) is 0 Å². The van der Waals surface area contributed by atoms with Crippen LogP contribution in [0.15, 0.2) is 199 Å². The van der Waals surface area contributed by atoms with Gasteiger partial charge in [-0.2, -0.15) is 64.4 Å². The molecule has 0 heterocycles. The number of unbranched alkanes of at least 4 members (excludes halogenated alkanes) is 9. The maximum atomic E-state index is 14.3. The van der Waals surface area contributed by atoms with Crippen LogP contribution in [-0.2, 0) is 119 Å². The summed E-state index contributed by atoms with van der Waals surface area (Å²) < 4.78 is 325. The van der Waals surface area contributed by atoms with E-state index in [1.165, 1.54) is 103 Å². The van der Waals surface area contributed by atoms with E-state index in [-0.39, 0.29) is 68.9 Å². The minimum atomic E-state index is -4.86. The largest absolute Gasteiger partial charge is 0.299 e. The second kappa shape index (κ2) is 43.9. The third-order valence-corrected chi connectivity index (χ3v) is 34.9. The fraction of sp³-hybridized carbons (Fsp3) is 0.613. The molecule has 0 spiro atoms. The number of sulfonamides is 6. The monoisotopic (exact) mass is 1770 g/mol. The van der Waals surface area contributed by atoms with Gasteiger partial charge in [0.25, 0.3) is 60.1 Å². The standard InChI is InChI=1S/C42H66N8O16S8.C20H26N4O8S4/c51-67(52,33-43-47-71(59,60)37-21-10-6-11-22-37)31-19-5-3-1-2-4-18-29-41(69(55,56)35-45-49-73(63,64)39-25-14-8-15-26-39)42(70(57,58)36-46-50-74(65,66)40-27-16-9-17-28-40)30-20-32-68(53,54)34-44-48-72(61,62)38-23-12-7-13-24-38;25-33(26,17-21-23-35(29,30)19-11-5-3-6-12-19)15-9-1-2-10-16-34(27,28)18-22-24-36(31,32)20-13-7-4-8-14-20/h7,9,12-13,16-17,23-24,27-28,37,39,41-42H,1-6,8,10-11,14-15,18-22,25-26,29-36H2;3-8,11-14H,1-2,9-10,15-18H2. The zero-order valence-electron chi connectivity index (χ0n) is 60.0.